The van der Waals surface area contributed by atoms with Gasteiger partial charge in [0.25, 0.3) is 0 Å². The van der Waals surface area contributed by atoms with Crippen molar-refractivity contribution in [1.82, 2.24) is 4.90 Å². The topological polar surface area (TPSA) is 104 Å². The van der Waals surface area contributed by atoms with Crippen molar-refractivity contribution in [2.75, 3.05) is 13.7 Å². The van der Waals surface area contributed by atoms with E-state index in [9.17, 15) is 18.3 Å². The summed E-state index contributed by atoms with van der Waals surface area (Å²) in [6, 6.07) is 8.58. The van der Waals surface area contributed by atoms with Crippen LogP contribution in [0.5, 0.6) is 0 Å². The lowest BCUT2D eigenvalue weighted by atomic mass is 10.0. The summed E-state index contributed by atoms with van der Waals surface area (Å²) in [7, 11) is -3.29. The van der Waals surface area contributed by atoms with E-state index >= 15 is 0 Å². The van der Waals surface area contributed by atoms with Crippen LogP contribution < -0.4 is 0 Å². The predicted octanol–water partition coefficient (Wildman–Crippen LogP) is 3.02. The van der Waals surface area contributed by atoms with Gasteiger partial charge < -0.3 is 5.11 Å². The Balaban J connectivity index is 0.000000352. The molecule has 0 spiro atoms. The Morgan fingerprint density at radius 2 is 2.00 bits per heavy atom. The molecule has 1 aliphatic rings. The highest BCUT2D eigenvalue weighted by Crippen LogP contribution is 2.33. The third kappa shape index (κ3) is 5.50. The lowest BCUT2D eigenvalue weighted by Gasteiger charge is -2.32. The molecule has 0 saturated carbocycles. The van der Waals surface area contributed by atoms with Crippen LogP contribution in [-0.4, -0.2) is 42.6 Å². The number of aliphatic carboxylic acids is 1. The predicted molar refractivity (Wildman–Crippen MR) is 98.8 cm³/mol. The van der Waals surface area contributed by atoms with E-state index in [1.165, 1.54) is 10.4 Å². The Bertz CT molecular complexity index is 867. The lowest BCUT2D eigenvalue weighted by molar-refractivity contribution is -0.144. The van der Waals surface area contributed by atoms with Gasteiger partial charge in [0.2, 0.25) is 0 Å². The number of benzene rings is 1. The summed E-state index contributed by atoms with van der Waals surface area (Å²) >= 11 is 7.92. The normalized spacial score (nSPS) is 15.5. The van der Waals surface area contributed by atoms with Crippen LogP contribution in [0.25, 0.3) is 0 Å². The molecule has 0 fully saturated rings. The van der Waals surface area contributed by atoms with Gasteiger partial charge in [-0.25, -0.2) is 0 Å². The molecule has 142 valence electrons. The number of carboxylic acids is 1. The summed E-state index contributed by atoms with van der Waals surface area (Å²) in [6.07, 6.45) is 0.904. The second-order valence-corrected chi connectivity index (χ2v) is 8.04. The van der Waals surface area contributed by atoms with Gasteiger partial charge in [-0.15, -0.1) is 11.3 Å². The molecule has 1 atom stereocenters. The van der Waals surface area contributed by atoms with E-state index < -0.39 is 22.4 Å². The van der Waals surface area contributed by atoms with E-state index in [1.54, 1.807) is 23.5 Å². The number of rotatable bonds is 4. The van der Waals surface area contributed by atoms with Crippen molar-refractivity contribution < 1.29 is 27.1 Å². The Hall–Kier alpha value is -1.49. The first kappa shape index (κ1) is 20.8. The second-order valence-electron chi connectivity index (χ2n) is 5.45. The number of nitrogens with zero attached hydrogens (tertiary/aromatic N) is 1. The molecule has 3 rings (SSSR count). The average Bonchev–Trinajstić information content (AvgIpc) is 3.04. The highest BCUT2D eigenvalue weighted by molar-refractivity contribution is 7.80. The first-order valence-corrected chi connectivity index (χ1v) is 10.1. The van der Waals surface area contributed by atoms with E-state index in [0.717, 1.165) is 20.1 Å². The summed E-state index contributed by atoms with van der Waals surface area (Å²) < 4.78 is 29.7. The summed E-state index contributed by atoms with van der Waals surface area (Å²) in [5.74, 6) is -0.850. The van der Waals surface area contributed by atoms with Crippen LogP contribution >= 0.6 is 22.9 Å². The molecule has 2 aromatic rings. The fourth-order valence-electron chi connectivity index (χ4n) is 2.67. The summed E-state index contributed by atoms with van der Waals surface area (Å²) in [5.41, 5.74) is 1.90. The Kier molecular flexibility index (Phi) is 7.16. The van der Waals surface area contributed by atoms with Crippen LogP contribution in [0.2, 0.25) is 5.02 Å². The van der Waals surface area contributed by atoms with Gasteiger partial charge in [-0.3, -0.25) is 18.4 Å². The van der Waals surface area contributed by atoms with E-state index in [4.69, 9.17) is 16.2 Å². The fraction of sp³-hybridized carbons (Fsp3) is 0.312. The molecule has 26 heavy (non-hydrogen) atoms. The van der Waals surface area contributed by atoms with E-state index in [1.807, 2.05) is 17.0 Å². The van der Waals surface area contributed by atoms with Crippen molar-refractivity contribution in [3.8, 4) is 0 Å². The molecule has 1 aromatic heterocycles. The highest BCUT2D eigenvalue weighted by atomic mass is 35.5. The monoisotopic (exact) mass is 419 g/mol. The quantitative estimate of drug-likeness (QED) is 0.734. The molecular weight excluding hydrogens is 402 g/mol. The molecule has 1 aliphatic heterocycles. The standard InChI is InChI=1S/C15H14ClNO2S.CH4O4S/c16-12-4-2-1-3-11(12)14(15(18)19)17-7-5-13-10(9-17)6-8-20-13;1-5-6(2,3)4/h1-4,6,8,14H,5,7,9H2,(H,18,19);1H3,(H,2,3,4)/t14-;/m0./s1. The van der Waals surface area contributed by atoms with E-state index in [-0.39, 0.29) is 0 Å². The van der Waals surface area contributed by atoms with Crippen LogP contribution in [0.15, 0.2) is 35.7 Å². The molecular formula is C16H18ClNO6S2. The number of carbonyl (C=O) groups is 1. The molecule has 1 aromatic carbocycles. The minimum Gasteiger partial charge on any atom is -0.480 e. The van der Waals surface area contributed by atoms with Gasteiger partial charge in [0.05, 0.1) is 7.11 Å². The molecule has 10 heteroatoms. The zero-order chi connectivity index (χ0) is 19.3. The lowest BCUT2D eigenvalue weighted by Crippen LogP contribution is -2.37. The van der Waals surface area contributed by atoms with Crippen LogP contribution in [0.1, 0.15) is 22.0 Å². The number of hydrogen-bond acceptors (Lipinski definition) is 6. The average molecular weight is 420 g/mol. The Morgan fingerprint density at radius 3 is 2.58 bits per heavy atom. The van der Waals surface area contributed by atoms with Crippen molar-refractivity contribution in [2.24, 2.45) is 0 Å². The number of carboxylic acid groups (broad SMARTS) is 1. The van der Waals surface area contributed by atoms with Crippen molar-refractivity contribution in [3.05, 3.63) is 56.7 Å². The maximum absolute atomic E-state index is 11.7. The first-order valence-electron chi connectivity index (χ1n) is 7.52. The third-order valence-electron chi connectivity index (χ3n) is 3.85. The molecule has 0 amide bonds. The van der Waals surface area contributed by atoms with E-state index in [0.29, 0.717) is 17.1 Å². The van der Waals surface area contributed by atoms with Crippen LogP contribution in [0.3, 0.4) is 0 Å². The number of fused-ring (bicyclic) bond motifs is 1. The smallest absolute Gasteiger partial charge is 0.397 e. The summed E-state index contributed by atoms with van der Waals surface area (Å²) in [4.78, 5) is 15.1. The van der Waals surface area contributed by atoms with Gasteiger partial charge in [-0.2, -0.15) is 8.42 Å². The maximum Gasteiger partial charge on any atom is 0.397 e. The SMILES string of the molecule is COS(=O)(=O)O.O=C(O)[C@H](c1ccccc1Cl)N1CCc2sccc2C1. The van der Waals surface area contributed by atoms with Gasteiger partial charge in [-0.05, 0) is 35.1 Å². The fourth-order valence-corrected chi connectivity index (χ4v) is 3.80. The molecule has 0 radical (unpaired) electrons. The van der Waals surface area contributed by atoms with Gasteiger partial charge in [0, 0.05) is 23.0 Å². The molecule has 7 nitrogen and oxygen atoms in total. The van der Waals surface area contributed by atoms with E-state index in [2.05, 4.69) is 15.6 Å². The van der Waals surface area contributed by atoms with Crippen molar-refractivity contribution >= 4 is 39.3 Å². The molecule has 0 saturated heterocycles. The van der Waals surface area contributed by atoms with Crippen LogP contribution in [0.4, 0.5) is 0 Å². The van der Waals surface area contributed by atoms with Crippen molar-refractivity contribution in [2.45, 2.75) is 19.0 Å². The summed E-state index contributed by atoms with van der Waals surface area (Å²) in [6.45, 7) is 1.41. The van der Waals surface area contributed by atoms with Crippen molar-refractivity contribution in [1.29, 1.82) is 0 Å². The minimum atomic E-state index is -4.16. The largest absolute Gasteiger partial charge is 0.480 e. The summed E-state index contributed by atoms with van der Waals surface area (Å²) in [5, 5.41) is 12.2. The van der Waals surface area contributed by atoms with Crippen LogP contribution in [-0.2, 0) is 32.3 Å². The number of thiophene rings is 1. The van der Waals surface area contributed by atoms with Gasteiger partial charge >= 0.3 is 16.4 Å². The van der Waals surface area contributed by atoms with Gasteiger partial charge in [-0.1, -0.05) is 29.8 Å². The molecule has 2 N–H and O–H groups in total. The Morgan fingerprint density at radius 1 is 1.35 bits per heavy atom. The van der Waals surface area contributed by atoms with Crippen LogP contribution in [0, 0.1) is 0 Å². The zero-order valence-corrected chi connectivity index (χ0v) is 16.2. The zero-order valence-electron chi connectivity index (χ0n) is 13.8. The highest BCUT2D eigenvalue weighted by Gasteiger charge is 2.31. The first-order chi connectivity index (χ1) is 12.2. The van der Waals surface area contributed by atoms with Gasteiger partial charge in [0.15, 0.2) is 0 Å². The number of halogens is 1. The number of hydrogen-bond donors (Lipinski definition) is 2. The van der Waals surface area contributed by atoms with Gasteiger partial charge in [0.1, 0.15) is 6.04 Å². The third-order valence-corrected chi connectivity index (χ3v) is 5.64. The minimum absolute atomic E-state index is 0.510. The maximum atomic E-state index is 11.7. The van der Waals surface area contributed by atoms with Crippen molar-refractivity contribution in [3.63, 3.8) is 0 Å². The second kappa shape index (κ2) is 8.94. The Labute approximate surface area is 160 Å². The molecule has 0 bridgehead atoms. The molecule has 0 aliphatic carbocycles. The molecule has 0 unspecified atom stereocenters. The molecule has 2 heterocycles.